The Hall–Kier alpha value is -2.50. The van der Waals surface area contributed by atoms with Crippen molar-refractivity contribution >= 4 is 5.97 Å². The van der Waals surface area contributed by atoms with Crippen LogP contribution in [-0.2, 0) is 6.42 Å². The van der Waals surface area contributed by atoms with Crippen molar-refractivity contribution in [2.45, 2.75) is 19.8 Å². The first-order valence-corrected chi connectivity index (χ1v) is 6.11. The highest BCUT2D eigenvalue weighted by Crippen LogP contribution is 2.25. The second-order valence-corrected chi connectivity index (χ2v) is 4.15. The van der Waals surface area contributed by atoms with Gasteiger partial charge in [0.05, 0.1) is 0 Å². The molecular weight excluding hydrogens is 263 g/mol. The Morgan fingerprint density at radius 1 is 1.35 bits per heavy atom. The molecular formula is C14H13FN2O3. The summed E-state index contributed by atoms with van der Waals surface area (Å²) in [5.74, 6) is -1.62. The van der Waals surface area contributed by atoms with E-state index < -0.39 is 11.8 Å². The van der Waals surface area contributed by atoms with Crippen LogP contribution in [0.15, 0.2) is 30.6 Å². The van der Waals surface area contributed by atoms with E-state index in [1.54, 1.807) is 6.07 Å². The van der Waals surface area contributed by atoms with Crippen LogP contribution in [0.1, 0.15) is 29.4 Å². The highest BCUT2D eigenvalue weighted by molar-refractivity contribution is 5.90. The molecule has 5 nitrogen and oxygen atoms in total. The van der Waals surface area contributed by atoms with Gasteiger partial charge in [-0.05, 0) is 24.6 Å². The van der Waals surface area contributed by atoms with E-state index in [-0.39, 0.29) is 17.2 Å². The minimum Gasteiger partial charge on any atom is -0.478 e. The standard InChI is InChI=1S/C14H13FN2O3/c1-2-3-10-7-13(17-8-16-10)20-12-5-4-9(15)6-11(12)14(18)19/h4-8H,2-3H2,1H3,(H,18,19). The molecule has 0 fully saturated rings. The zero-order valence-electron chi connectivity index (χ0n) is 10.8. The fourth-order valence-electron chi connectivity index (χ4n) is 1.70. The smallest absolute Gasteiger partial charge is 0.339 e. The predicted octanol–water partition coefficient (Wildman–Crippen LogP) is 3.06. The van der Waals surface area contributed by atoms with Crippen molar-refractivity contribution in [3.63, 3.8) is 0 Å². The molecule has 0 spiro atoms. The van der Waals surface area contributed by atoms with Gasteiger partial charge < -0.3 is 9.84 Å². The van der Waals surface area contributed by atoms with Crippen LogP contribution in [0.3, 0.4) is 0 Å². The van der Waals surface area contributed by atoms with Crippen molar-refractivity contribution in [1.82, 2.24) is 9.97 Å². The van der Waals surface area contributed by atoms with Crippen LogP contribution >= 0.6 is 0 Å². The van der Waals surface area contributed by atoms with E-state index in [0.717, 1.165) is 30.7 Å². The van der Waals surface area contributed by atoms with Crippen LogP contribution in [0.4, 0.5) is 4.39 Å². The number of aromatic carboxylic acids is 1. The molecule has 0 radical (unpaired) electrons. The maximum absolute atomic E-state index is 13.1. The Balaban J connectivity index is 2.30. The average molecular weight is 276 g/mol. The molecule has 104 valence electrons. The molecule has 1 aromatic heterocycles. The first kappa shape index (κ1) is 13.9. The number of aromatic nitrogens is 2. The highest BCUT2D eigenvalue weighted by Gasteiger charge is 2.14. The number of ether oxygens (including phenoxy) is 1. The summed E-state index contributed by atoms with van der Waals surface area (Å²) >= 11 is 0. The maximum atomic E-state index is 13.1. The van der Waals surface area contributed by atoms with Crippen LogP contribution in [0.5, 0.6) is 11.6 Å². The van der Waals surface area contributed by atoms with Gasteiger partial charge in [-0.15, -0.1) is 0 Å². The number of carboxylic acid groups (broad SMARTS) is 1. The first-order valence-electron chi connectivity index (χ1n) is 6.11. The number of carboxylic acids is 1. The molecule has 6 heteroatoms. The van der Waals surface area contributed by atoms with Crippen LogP contribution in [0.2, 0.25) is 0 Å². The summed E-state index contributed by atoms with van der Waals surface area (Å²) in [6, 6.07) is 4.95. The van der Waals surface area contributed by atoms with E-state index in [2.05, 4.69) is 9.97 Å². The molecule has 0 aliphatic carbocycles. The van der Waals surface area contributed by atoms with E-state index in [1.165, 1.54) is 12.4 Å². The molecule has 0 saturated heterocycles. The minimum absolute atomic E-state index is 0.0417. The molecule has 20 heavy (non-hydrogen) atoms. The van der Waals surface area contributed by atoms with E-state index in [1.807, 2.05) is 6.92 Å². The molecule has 0 bridgehead atoms. The van der Waals surface area contributed by atoms with E-state index >= 15 is 0 Å². The Morgan fingerprint density at radius 3 is 2.85 bits per heavy atom. The van der Waals surface area contributed by atoms with Gasteiger partial charge in [-0.25, -0.2) is 19.2 Å². The third-order valence-electron chi connectivity index (χ3n) is 2.59. The zero-order chi connectivity index (χ0) is 14.5. The van der Waals surface area contributed by atoms with Crippen LogP contribution in [0, 0.1) is 5.82 Å². The van der Waals surface area contributed by atoms with Crippen molar-refractivity contribution in [3.05, 3.63) is 47.7 Å². The Morgan fingerprint density at radius 2 is 2.15 bits per heavy atom. The Bertz CT molecular complexity index is 632. The number of hydrogen-bond donors (Lipinski definition) is 1. The van der Waals surface area contributed by atoms with E-state index in [0.29, 0.717) is 0 Å². The van der Waals surface area contributed by atoms with Gasteiger partial charge in [-0.2, -0.15) is 0 Å². The summed E-state index contributed by atoms with van der Waals surface area (Å²) < 4.78 is 18.5. The second kappa shape index (κ2) is 6.10. The monoisotopic (exact) mass is 276 g/mol. The maximum Gasteiger partial charge on any atom is 0.339 e. The highest BCUT2D eigenvalue weighted by atomic mass is 19.1. The van der Waals surface area contributed by atoms with Crippen molar-refractivity contribution < 1.29 is 19.0 Å². The van der Waals surface area contributed by atoms with Gasteiger partial charge in [0, 0.05) is 11.8 Å². The molecule has 1 N–H and O–H groups in total. The lowest BCUT2D eigenvalue weighted by Crippen LogP contribution is -2.02. The molecule has 0 atom stereocenters. The van der Waals surface area contributed by atoms with Gasteiger partial charge in [0.2, 0.25) is 5.88 Å². The summed E-state index contributed by atoms with van der Waals surface area (Å²) in [5.41, 5.74) is 0.553. The van der Waals surface area contributed by atoms with Crippen molar-refractivity contribution in [2.24, 2.45) is 0 Å². The number of aryl methyl sites for hydroxylation is 1. The molecule has 0 amide bonds. The fraction of sp³-hybridized carbons (Fsp3) is 0.214. The SMILES string of the molecule is CCCc1cc(Oc2ccc(F)cc2C(=O)O)ncn1. The lowest BCUT2D eigenvalue weighted by molar-refractivity contribution is 0.0693. The van der Waals surface area contributed by atoms with Crippen LogP contribution < -0.4 is 4.74 Å². The van der Waals surface area contributed by atoms with Crippen LogP contribution in [0.25, 0.3) is 0 Å². The first-order chi connectivity index (χ1) is 9.60. The summed E-state index contributed by atoms with van der Waals surface area (Å²) in [6.07, 6.45) is 3.05. The average Bonchev–Trinajstić information content (AvgIpc) is 2.41. The van der Waals surface area contributed by atoms with Gasteiger partial charge >= 0.3 is 5.97 Å². The summed E-state index contributed by atoms with van der Waals surface area (Å²) in [5, 5.41) is 9.03. The van der Waals surface area contributed by atoms with E-state index in [4.69, 9.17) is 9.84 Å². The van der Waals surface area contributed by atoms with E-state index in [9.17, 15) is 9.18 Å². The summed E-state index contributed by atoms with van der Waals surface area (Å²) in [4.78, 5) is 19.0. The third-order valence-corrected chi connectivity index (χ3v) is 2.59. The van der Waals surface area contributed by atoms with Gasteiger partial charge in [0.1, 0.15) is 23.5 Å². The number of nitrogens with zero attached hydrogens (tertiary/aromatic N) is 2. The molecule has 2 rings (SSSR count). The lowest BCUT2D eigenvalue weighted by atomic mass is 10.2. The zero-order valence-corrected chi connectivity index (χ0v) is 10.8. The summed E-state index contributed by atoms with van der Waals surface area (Å²) in [7, 11) is 0. The number of hydrogen-bond acceptors (Lipinski definition) is 4. The number of carbonyl (C=O) groups is 1. The minimum atomic E-state index is -1.26. The quantitative estimate of drug-likeness (QED) is 0.908. The normalized spacial score (nSPS) is 10.3. The number of halogens is 1. The van der Waals surface area contributed by atoms with Gasteiger partial charge in [0.25, 0.3) is 0 Å². The molecule has 0 saturated carbocycles. The lowest BCUT2D eigenvalue weighted by Gasteiger charge is -2.08. The second-order valence-electron chi connectivity index (χ2n) is 4.15. The Kier molecular flexibility index (Phi) is 4.24. The third kappa shape index (κ3) is 3.28. The van der Waals surface area contributed by atoms with Crippen molar-refractivity contribution in [2.75, 3.05) is 0 Å². The van der Waals surface area contributed by atoms with Crippen LogP contribution in [-0.4, -0.2) is 21.0 Å². The largest absolute Gasteiger partial charge is 0.478 e. The fourth-order valence-corrected chi connectivity index (χ4v) is 1.70. The van der Waals surface area contributed by atoms with Crippen molar-refractivity contribution in [3.8, 4) is 11.6 Å². The Labute approximate surface area is 115 Å². The van der Waals surface area contributed by atoms with Crippen molar-refractivity contribution in [1.29, 1.82) is 0 Å². The molecule has 0 aliphatic heterocycles. The molecule has 0 unspecified atom stereocenters. The molecule has 1 heterocycles. The van der Waals surface area contributed by atoms with Gasteiger partial charge in [0.15, 0.2) is 0 Å². The molecule has 0 aliphatic rings. The topological polar surface area (TPSA) is 72.3 Å². The van der Waals surface area contributed by atoms with Gasteiger partial charge in [-0.3, -0.25) is 0 Å². The summed E-state index contributed by atoms with van der Waals surface area (Å²) in [6.45, 7) is 2.02. The number of benzene rings is 1. The molecule has 1 aromatic carbocycles. The molecule has 2 aromatic rings. The predicted molar refractivity (Wildman–Crippen MR) is 69.5 cm³/mol. The van der Waals surface area contributed by atoms with Gasteiger partial charge in [-0.1, -0.05) is 13.3 Å². The number of rotatable bonds is 5.